The fraction of sp³-hybridized carbons (Fsp3) is 0.235. The van der Waals surface area contributed by atoms with E-state index in [0.717, 1.165) is 0 Å². The van der Waals surface area contributed by atoms with Crippen LogP contribution in [0.2, 0.25) is 0 Å². The Balaban J connectivity index is 2.11. The van der Waals surface area contributed by atoms with Crippen molar-refractivity contribution in [2.75, 3.05) is 28.7 Å². The average molecular weight is 342 g/mol. The van der Waals surface area contributed by atoms with Crippen LogP contribution in [0.4, 0.5) is 17.1 Å². The van der Waals surface area contributed by atoms with Crippen LogP contribution in [0.1, 0.15) is 12.0 Å². The molecule has 0 saturated heterocycles. The third-order valence-electron chi connectivity index (χ3n) is 3.88. The molecule has 1 aliphatic rings. The lowest BCUT2D eigenvalue weighted by Gasteiger charge is -2.21. The Morgan fingerprint density at radius 2 is 1.88 bits per heavy atom. The maximum Gasteiger partial charge on any atom is 0.330 e. The van der Waals surface area contributed by atoms with Gasteiger partial charge in [0.2, 0.25) is 0 Å². The lowest BCUT2D eigenvalue weighted by Crippen LogP contribution is -2.36. The van der Waals surface area contributed by atoms with Gasteiger partial charge in [0.05, 0.1) is 28.7 Å². The molecule has 0 spiro atoms. The topological polar surface area (TPSA) is 76.4 Å². The van der Waals surface area contributed by atoms with Crippen molar-refractivity contribution in [1.82, 2.24) is 5.32 Å². The number of nitrogens with one attached hydrogen (secondary N) is 1. The van der Waals surface area contributed by atoms with Crippen LogP contribution in [0, 0.1) is 11.3 Å². The summed E-state index contributed by atoms with van der Waals surface area (Å²) < 4.78 is 28.9. The summed E-state index contributed by atoms with van der Waals surface area (Å²) in [5.74, 6) is 0. The van der Waals surface area contributed by atoms with Crippen LogP contribution in [0.5, 0.6) is 0 Å². The molecule has 0 aliphatic carbocycles. The van der Waals surface area contributed by atoms with Gasteiger partial charge in [-0.25, -0.2) is 4.31 Å². The Labute approximate surface area is 142 Å². The Morgan fingerprint density at radius 3 is 2.54 bits per heavy atom. The van der Waals surface area contributed by atoms with E-state index < -0.39 is 10.2 Å². The van der Waals surface area contributed by atoms with E-state index in [-0.39, 0.29) is 0 Å². The standard InChI is InChI=1S/C17H18N4O2S/c1-19-10-5-11-20-17-12-14(13-18)8-9-16(17)21(24(20,22)23)15-6-3-2-4-7-15/h2-4,6-9,12,19H,5,10-11H2,1H3. The second-order valence-corrected chi connectivity index (χ2v) is 7.15. The molecule has 3 rings (SSSR count). The van der Waals surface area contributed by atoms with E-state index in [0.29, 0.717) is 42.1 Å². The highest BCUT2D eigenvalue weighted by Crippen LogP contribution is 2.45. The fourth-order valence-corrected chi connectivity index (χ4v) is 4.53. The molecule has 0 aromatic heterocycles. The molecule has 0 bridgehead atoms. The van der Waals surface area contributed by atoms with Crippen LogP contribution < -0.4 is 13.9 Å². The summed E-state index contributed by atoms with van der Waals surface area (Å²) in [6, 6.07) is 16.0. The first-order valence-electron chi connectivity index (χ1n) is 7.66. The van der Waals surface area contributed by atoms with Crippen molar-refractivity contribution < 1.29 is 8.42 Å². The zero-order valence-electron chi connectivity index (χ0n) is 13.3. The summed E-state index contributed by atoms with van der Waals surface area (Å²) >= 11 is 0. The molecular formula is C17H18N4O2S. The molecule has 2 aromatic carbocycles. The largest absolute Gasteiger partial charge is 0.330 e. The molecule has 6 nitrogen and oxygen atoms in total. The molecule has 1 aliphatic heterocycles. The molecule has 0 amide bonds. The minimum atomic E-state index is -3.72. The number of para-hydroxylation sites is 1. The number of hydrogen-bond acceptors (Lipinski definition) is 4. The van der Waals surface area contributed by atoms with Gasteiger partial charge in [0, 0.05) is 6.54 Å². The predicted molar refractivity (Wildman–Crippen MR) is 94.5 cm³/mol. The van der Waals surface area contributed by atoms with E-state index in [1.807, 2.05) is 13.1 Å². The second-order valence-electron chi connectivity index (χ2n) is 5.45. The van der Waals surface area contributed by atoms with Crippen LogP contribution in [0.15, 0.2) is 48.5 Å². The predicted octanol–water partition coefficient (Wildman–Crippen LogP) is 2.37. The van der Waals surface area contributed by atoms with Crippen molar-refractivity contribution in [1.29, 1.82) is 5.26 Å². The highest BCUT2D eigenvalue weighted by Gasteiger charge is 2.41. The van der Waals surface area contributed by atoms with Crippen LogP contribution in [-0.4, -0.2) is 28.6 Å². The molecular weight excluding hydrogens is 324 g/mol. The third kappa shape index (κ3) is 2.70. The number of nitrogens with zero attached hydrogens (tertiary/aromatic N) is 3. The molecule has 7 heteroatoms. The minimum Gasteiger partial charge on any atom is -0.320 e. The van der Waals surface area contributed by atoms with Crippen LogP contribution in [0.3, 0.4) is 0 Å². The first kappa shape index (κ1) is 16.3. The molecule has 0 unspecified atom stereocenters. The van der Waals surface area contributed by atoms with Gasteiger partial charge in [-0.2, -0.15) is 13.7 Å². The third-order valence-corrected chi connectivity index (χ3v) is 5.69. The van der Waals surface area contributed by atoms with Gasteiger partial charge in [0.1, 0.15) is 0 Å². The van der Waals surface area contributed by atoms with Crippen molar-refractivity contribution in [3.05, 3.63) is 54.1 Å². The first-order valence-corrected chi connectivity index (χ1v) is 9.06. The number of anilines is 3. The van der Waals surface area contributed by atoms with E-state index in [1.54, 1.807) is 42.5 Å². The smallest absolute Gasteiger partial charge is 0.320 e. The number of nitriles is 1. The van der Waals surface area contributed by atoms with Gasteiger partial charge in [0.25, 0.3) is 0 Å². The van der Waals surface area contributed by atoms with Gasteiger partial charge >= 0.3 is 10.2 Å². The molecule has 2 aromatic rings. The average Bonchev–Trinajstić information content (AvgIpc) is 2.82. The van der Waals surface area contributed by atoms with Crippen molar-refractivity contribution in [2.24, 2.45) is 0 Å². The van der Waals surface area contributed by atoms with E-state index >= 15 is 0 Å². The molecule has 0 radical (unpaired) electrons. The van der Waals surface area contributed by atoms with Crippen LogP contribution >= 0.6 is 0 Å². The van der Waals surface area contributed by atoms with Crippen molar-refractivity contribution >= 4 is 27.3 Å². The SMILES string of the molecule is CNCCCN1c2cc(C#N)ccc2N(c2ccccc2)S1(=O)=O. The molecule has 124 valence electrons. The summed E-state index contributed by atoms with van der Waals surface area (Å²) in [5.41, 5.74) is 2.15. The van der Waals surface area contributed by atoms with Gasteiger partial charge < -0.3 is 5.32 Å². The highest BCUT2D eigenvalue weighted by molar-refractivity contribution is 7.95. The number of rotatable bonds is 5. The zero-order chi connectivity index (χ0) is 17.2. The first-order chi connectivity index (χ1) is 11.6. The summed E-state index contributed by atoms with van der Waals surface area (Å²) in [4.78, 5) is 0. The van der Waals surface area contributed by atoms with Crippen LogP contribution in [0.25, 0.3) is 0 Å². The molecule has 1 N–H and O–H groups in total. The quantitative estimate of drug-likeness (QED) is 0.847. The van der Waals surface area contributed by atoms with Gasteiger partial charge in [0.15, 0.2) is 0 Å². The molecule has 0 fully saturated rings. The summed E-state index contributed by atoms with van der Waals surface area (Å²) in [6.07, 6.45) is 0.675. The van der Waals surface area contributed by atoms with E-state index in [2.05, 4.69) is 11.4 Å². The minimum absolute atomic E-state index is 0.356. The monoisotopic (exact) mass is 342 g/mol. The summed E-state index contributed by atoms with van der Waals surface area (Å²) in [5, 5.41) is 12.2. The van der Waals surface area contributed by atoms with Gasteiger partial charge in [-0.15, -0.1) is 0 Å². The van der Waals surface area contributed by atoms with Gasteiger partial charge in [-0.1, -0.05) is 18.2 Å². The van der Waals surface area contributed by atoms with Crippen molar-refractivity contribution in [3.63, 3.8) is 0 Å². The Hall–Kier alpha value is -2.56. The van der Waals surface area contributed by atoms with Crippen molar-refractivity contribution in [2.45, 2.75) is 6.42 Å². The lowest BCUT2D eigenvalue weighted by molar-refractivity contribution is 0.591. The zero-order valence-corrected chi connectivity index (χ0v) is 14.1. The van der Waals surface area contributed by atoms with Gasteiger partial charge in [-0.3, -0.25) is 4.31 Å². The second kappa shape index (κ2) is 6.51. The van der Waals surface area contributed by atoms with Gasteiger partial charge in [-0.05, 0) is 50.3 Å². The summed E-state index contributed by atoms with van der Waals surface area (Å²) in [6.45, 7) is 1.07. The van der Waals surface area contributed by atoms with Crippen LogP contribution in [-0.2, 0) is 10.2 Å². The molecule has 1 heterocycles. The Morgan fingerprint density at radius 1 is 1.12 bits per heavy atom. The van der Waals surface area contributed by atoms with E-state index in [4.69, 9.17) is 5.26 Å². The number of hydrogen-bond donors (Lipinski definition) is 1. The maximum absolute atomic E-state index is 13.1. The van der Waals surface area contributed by atoms with E-state index in [9.17, 15) is 8.42 Å². The molecule has 0 atom stereocenters. The van der Waals surface area contributed by atoms with E-state index in [1.165, 1.54) is 8.61 Å². The normalized spacial score (nSPS) is 15.2. The molecule has 24 heavy (non-hydrogen) atoms. The number of fused-ring (bicyclic) bond motifs is 1. The number of benzene rings is 2. The maximum atomic E-state index is 13.1. The fourth-order valence-electron chi connectivity index (χ4n) is 2.78. The highest BCUT2D eigenvalue weighted by atomic mass is 32.2. The lowest BCUT2D eigenvalue weighted by atomic mass is 10.1. The molecule has 0 saturated carbocycles. The Kier molecular flexibility index (Phi) is 4.42. The summed E-state index contributed by atoms with van der Waals surface area (Å²) in [7, 11) is -1.89. The van der Waals surface area contributed by atoms with Crippen molar-refractivity contribution in [3.8, 4) is 6.07 Å². The Bertz CT molecular complexity index is 875.